The van der Waals surface area contributed by atoms with Gasteiger partial charge in [-0.3, -0.25) is 0 Å². The van der Waals surface area contributed by atoms with E-state index in [0.29, 0.717) is 11.6 Å². The lowest BCUT2D eigenvalue weighted by molar-refractivity contribution is 0.138. The van der Waals surface area contributed by atoms with Crippen LogP contribution in [-0.4, -0.2) is 32.7 Å². The van der Waals surface area contributed by atoms with E-state index in [0.717, 1.165) is 37.0 Å². The lowest BCUT2D eigenvalue weighted by atomic mass is 10.1. The van der Waals surface area contributed by atoms with Gasteiger partial charge in [0.25, 0.3) is 0 Å². The summed E-state index contributed by atoms with van der Waals surface area (Å²) in [6.07, 6.45) is 6.17. The minimum atomic E-state index is -0.177. The second-order valence-electron chi connectivity index (χ2n) is 4.74. The Morgan fingerprint density at radius 2 is 2.22 bits per heavy atom. The van der Waals surface area contributed by atoms with E-state index in [9.17, 15) is 5.11 Å². The van der Waals surface area contributed by atoms with Crippen molar-refractivity contribution in [3.8, 4) is 0 Å². The Hall–Kier alpha value is -1.75. The normalized spacial score (nSPS) is 23.4. The van der Waals surface area contributed by atoms with Crippen LogP contribution in [0.3, 0.4) is 0 Å². The van der Waals surface area contributed by atoms with E-state index in [1.165, 1.54) is 6.33 Å². The van der Waals surface area contributed by atoms with Crippen LogP contribution < -0.4 is 5.32 Å². The van der Waals surface area contributed by atoms with Crippen molar-refractivity contribution < 1.29 is 5.11 Å². The highest BCUT2D eigenvalue weighted by molar-refractivity contribution is 5.85. The van der Waals surface area contributed by atoms with Gasteiger partial charge in [0.15, 0.2) is 5.65 Å². The number of pyridine rings is 1. The number of aliphatic hydroxyl groups excluding tert-OH is 1. The number of anilines is 1. The zero-order chi connectivity index (χ0) is 12.4. The van der Waals surface area contributed by atoms with E-state index in [-0.39, 0.29) is 6.10 Å². The zero-order valence-electron chi connectivity index (χ0n) is 10.1. The Morgan fingerprint density at radius 3 is 3.06 bits per heavy atom. The third kappa shape index (κ3) is 2.13. The molecule has 18 heavy (non-hydrogen) atoms. The summed E-state index contributed by atoms with van der Waals surface area (Å²) in [4.78, 5) is 12.6. The molecule has 5 heteroatoms. The number of aromatic nitrogens is 3. The van der Waals surface area contributed by atoms with Crippen LogP contribution in [0.5, 0.6) is 0 Å². The monoisotopic (exact) mass is 244 g/mol. The number of nitrogens with one attached hydrogen (secondary N) is 1. The fraction of sp³-hybridized carbons (Fsp3) is 0.462. The lowest BCUT2D eigenvalue weighted by Crippen LogP contribution is -2.22. The van der Waals surface area contributed by atoms with Crippen LogP contribution >= 0.6 is 0 Å². The average molecular weight is 244 g/mol. The first-order valence-corrected chi connectivity index (χ1v) is 6.32. The van der Waals surface area contributed by atoms with E-state index in [1.54, 1.807) is 6.20 Å². The average Bonchev–Trinajstić information content (AvgIpc) is 2.82. The van der Waals surface area contributed by atoms with Crippen LogP contribution in [-0.2, 0) is 0 Å². The Kier molecular flexibility index (Phi) is 3.06. The molecule has 1 saturated carbocycles. The van der Waals surface area contributed by atoms with Crippen molar-refractivity contribution in [2.24, 2.45) is 5.92 Å². The Balaban J connectivity index is 1.78. The van der Waals surface area contributed by atoms with Crippen LogP contribution in [0.15, 0.2) is 24.7 Å². The molecule has 2 unspecified atom stereocenters. The summed E-state index contributed by atoms with van der Waals surface area (Å²) in [5.41, 5.74) is 0.696. The molecule has 0 aliphatic heterocycles. The lowest BCUT2D eigenvalue weighted by Gasteiger charge is -2.15. The van der Waals surface area contributed by atoms with Crippen LogP contribution in [0.2, 0.25) is 0 Å². The molecule has 1 aliphatic carbocycles. The highest BCUT2D eigenvalue weighted by Gasteiger charge is 2.24. The minimum Gasteiger partial charge on any atom is -0.393 e. The molecule has 2 atom stereocenters. The van der Waals surface area contributed by atoms with Crippen molar-refractivity contribution in [2.45, 2.75) is 25.4 Å². The largest absolute Gasteiger partial charge is 0.393 e. The quantitative estimate of drug-likeness (QED) is 0.858. The van der Waals surface area contributed by atoms with Gasteiger partial charge in [-0.1, -0.05) is 6.42 Å². The Morgan fingerprint density at radius 1 is 1.28 bits per heavy atom. The summed E-state index contributed by atoms with van der Waals surface area (Å²) >= 11 is 0. The van der Waals surface area contributed by atoms with E-state index < -0.39 is 0 Å². The molecule has 5 nitrogen and oxygen atoms in total. The van der Waals surface area contributed by atoms with E-state index in [2.05, 4.69) is 20.3 Å². The summed E-state index contributed by atoms with van der Waals surface area (Å²) in [5.74, 6) is 1.12. The van der Waals surface area contributed by atoms with Crippen molar-refractivity contribution in [2.75, 3.05) is 11.9 Å². The summed E-state index contributed by atoms with van der Waals surface area (Å²) in [6, 6.07) is 3.83. The topological polar surface area (TPSA) is 70.9 Å². The van der Waals surface area contributed by atoms with Gasteiger partial charge in [-0.25, -0.2) is 15.0 Å². The van der Waals surface area contributed by atoms with Crippen molar-refractivity contribution in [1.82, 2.24) is 15.0 Å². The smallest absolute Gasteiger partial charge is 0.164 e. The molecular formula is C13H16N4O. The fourth-order valence-corrected chi connectivity index (χ4v) is 2.52. The molecule has 2 aromatic heterocycles. The van der Waals surface area contributed by atoms with Gasteiger partial charge in [0.05, 0.1) is 11.5 Å². The van der Waals surface area contributed by atoms with E-state index in [4.69, 9.17) is 0 Å². The second-order valence-corrected chi connectivity index (χ2v) is 4.74. The third-order valence-electron chi connectivity index (χ3n) is 3.56. The van der Waals surface area contributed by atoms with Crippen LogP contribution in [0.1, 0.15) is 19.3 Å². The van der Waals surface area contributed by atoms with Gasteiger partial charge in [-0.2, -0.15) is 0 Å². The Bertz CT molecular complexity index is 540. The number of hydrogen-bond acceptors (Lipinski definition) is 5. The summed E-state index contributed by atoms with van der Waals surface area (Å²) in [5, 5.41) is 14.0. The molecule has 2 N–H and O–H groups in total. The first-order valence-electron chi connectivity index (χ1n) is 6.32. The van der Waals surface area contributed by atoms with Gasteiger partial charge >= 0.3 is 0 Å². The van der Waals surface area contributed by atoms with Crippen molar-refractivity contribution in [1.29, 1.82) is 0 Å². The van der Waals surface area contributed by atoms with Gasteiger partial charge in [-0.15, -0.1) is 0 Å². The molecule has 94 valence electrons. The van der Waals surface area contributed by atoms with Crippen LogP contribution in [0.25, 0.3) is 11.0 Å². The highest BCUT2D eigenvalue weighted by Crippen LogP contribution is 2.26. The first-order chi connectivity index (χ1) is 8.84. The number of hydrogen-bond donors (Lipinski definition) is 2. The molecule has 3 rings (SSSR count). The van der Waals surface area contributed by atoms with Crippen molar-refractivity contribution in [3.05, 3.63) is 24.7 Å². The maximum atomic E-state index is 9.80. The number of nitrogens with zero attached hydrogens (tertiary/aromatic N) is 3. The molecule has 0 spiro atoms. The van der Waals surface area contributed by atoms with E-state index >= 15 is 0 Å². The molecule has 1 aliphatic rings. The second kappa shape index (κ2) is 4.86. The molecule has 0 saturated heterocycles. The van der Waals surface area contributed by atoms with E-state index in [1.807, 2.05) is 12.1 Å². The zero-order valence-corrected chi connectivity index (χ0v) is 10.1. The molecule has 0 bridgehead atoms. The molecule has 2 heterocycles. The molecule has 2 aromatic rings. The predicted octanol–water partition coefficient (Wildman–Crippen LogP) is 1.60. The summed E-state index contributed by atoms with van der Waals surface area (Å²) < 4.78 is 0. The van der Waals surface area contributed by atoms with Crippen LogP contribution in [0, 0.1) is 5.92 Å². The molecule has 1 fully saturated rings. The predicted molar refractivity (Wildman–Crippen MR) is 69.2 cm³/mol. The van der Waals surface area contributed by atoms with Gasteiger partial charge in [0, 0.05) is 18.7 Å². The van der Waals surface area contributed by atoms with Gasteiger partial charge in [0.1, 0.15) is 12.1 Å². The first kappa shape index (κ1) is 11.3. The van der Waals surface area contributed by atoms with Crippen molar-refractivity contribution >= 4 is 16.9 Å². The number of rotatable bonds is 3. The summed E-state index contributed by atoms with van der Waals surface area (Å²) in [7, 11) is 0. The maximum Gasteiger partial charge on any atom is 0.164 e. The van der Waals surface area contributed by atoms with Gasteiger partial charge in [-0.05, 0) is 25.0 Å². The van der Waals surface area contributed by atoms with Gasteiger partial charge < -0.3 is 10.4 Å². The third-order valence-corrected chi connectivity index (χ3v) is 3.56. The van der Waals surface area contributed by atoms with Crippen molar-refractivity contribution in [3.63, 3.8) is 0 Å². The minimum absolute atomic E-state index is 0.177. The number of aliphatic hydroxyl groups is 1. The van der Waals surface area contributed by atoms with Crippen LogP contribution in [0.4, 0.5) is 5.82 Å². The molecule has 0 amide bonds. The molecule has 0 aromatic carbocycles. The fourth-order valence-electron chi connectivity index (χ4n) is 2.52. The standard InChI is InChI=1S/C13H16N4O/c18-11-5-1-3-9(11)7-15-13-10-4-2-6-14-12(10)16-8-17-13/h2,4,6,8-9,11,18H,1,3,5,7H2,(H,14,15,16,17). The molecule has 0 radical (unpaired) electrons. The summed E-state index contributed by atoms with van der Waals surface area (Å²) in [6.45, 7) is 0.752. The molecular weight excluding hydrogens is 228 g/mol. The number of fused-ring (bicyclic) bond motifs is 1. The Labute approximate surface area is 105 Å². The SMILES string of the molecule is OC1CCCC1CNc1ncnc2ncccc12. The highest BCUT2D eigenvalue weighted by atomic mass is 16.3. The van der Waals surface area contributed by atoms with Gasteiger partial charge in [0.2, 0.25) is 0 Å². The maximum absolute atomic E-state index is 9.80.